The molecule has 0 aliphatic heterocycles. The number of carbonyl (C=O) groups excluding carboxylic acids is 1. The van der Waals surface area contributed by atoms with Gasteiger partial charge in [-0.15, -0.1) is 0 Å². The van der Waals surface area contributed by atoms with Crippen LogP contribution >= 0.6 is 0 Å². The quantitative estimate of drug-likeness (QED) is 0.576. The Morgan fingerprint density at radius 1 is 1.17 bits per heavy atom. The van der Waals surface area contributed by atoms with Crippen molar-refractivity contribution < 1.29 is 4.79 Å². The van der Waals surface area contributed by atoms with Crippen LogP contribution in [0.15, 0.2) is 29.2 Å². The predicted molar refractivity (Wildman–Crippen MR) is 99.4 cm³/mol. The fourth-order valence-electron chi connectivity index (χ4n) is 2.82. The predicted octanol–water partition coefficient (Wildman–Crippen LogP) is 3.30. The van der Waals surface area contributed by atoms with Crippen LogP contribution in [-0.4, -0.2) is 17.0 Å². The van der Waals surface area contributed by atoms with E-state index in [4.69, 9.17) is 5.73 Å². The third-order valence-electron chi connectivity index (χ3n) is 4.20. The summed E-state index contributed by atoms with van der Waals surface area (Å²) in [5.74, 6) is -0.317. The van der Waals surface area contributed by atoms with Crippen molar-refractivity contribution in [2.24, 2.45) is 0 Å². The van der Waals surface area contributed by atoms with E-state index in [1.54, 1.807) is 12.3 Å². The lowest BCUT2D eigenvalue weighted by Crippen LogP contribution is -2.30. The summed E-state index contributed by atoms with van der Waals surface area (Å²) in [6, 6.07) is 5.44. The molecule has 2 aromatic rings. The molecule has 3 N–H and O–H groups in total. The normalized spacial score (nSPS) is 10.9. The van der Waals surface area contributed by atoms with Gasteiger partial charge in [-0.25, -0.2) is 0 Å². The van der Waals surface area contributed by atoms with E-state index in [9.17, 15) is 9.59 Å². The first-order valence-corrected chi connectivity index (χ1v) is 8.80. The summed E-state index contributed by atoms with van der Waals surface area (Å²) in [5, 5.41) is 3.27. The number of benzene rings is 1. The average Bonchev–Trinajstić information content (AvgIpc) is 2.57. The minimum atomic E-state index is -0.317. The number of anilines is 1. The Morgan fingerprint density at radius 3 is 2.62 bits per heavy atom. The Labute approximate surface area is 142 Å². The van der Waals surface area contributed by atoms with Crippen LogP contribution in [0.2, 0.25) is 0 Å². The zero-order valence-corrected chi connectivity index (χ0v) is 14.6. The second-order valence-electron chi connectivity index (χ2n) is 6.12. The van der Waals surface area contributed by atoms with Gasteiger partial charge in [0.25, 0.3) is 5.91 Å². The maximum Gasteiger partial charge on any atom is 0.256 e. The van der Waals surface area contributed by atoms with Gasteiger partial charge < -0.3 is 15.6 Å². The van der Waals surface area contributed by atoms with Crippen LogP contribution in [0.3, 0.4) is 0 Å². The van der Waals surface area contributed by atoms with Crippen LogP contribution in [0.1, 0.15) is 56.3 Å². The standard InChI is InChI=1S/C19H27N3O2/c1-3-5-7-12-22-13-14(19(24)21-11-6-4-2)18(23)17-15(20)9-8-10-16(17)22/h8-10,13H,3-7,11-12,20H2,1-2H3,(H,21,24). The molecule has 1 aromatic carbocycles. The van der Waals surface area contributed by atoms with Crippen molar-refractivity contribution in [2.75, 3.05) is 12.3 Å². The molecule has 0 atom stereocenters. The van der Waals surface area contributed by atoms with E-state index < -0.39 is 0 Å². The van der Waals surface area contributed by atoms with Gasteiger partial charge in [0, 0.05) is 25.0 Å². The maximum absolute atomic E-state index is 12.8. The number of unbranched alkanes of at least 4 members (excludes halogenated alkanes) is 3. The number of carbonyl (C=O) groups is 1. The zero-order valence-electron chi connectivity index (χ0n) is 14.6. The first-order chi connectivity index (χ1) is 11.6. The Hall–Kier alpha value is -2.30. The van der Waals surface area contributed by atoms with Crippen molar-refractivity contribution in [1.82, 2.24) is 9.88 Å². The molecule has 0 saturated heterocycles. The van der Waals surface area contributed by atoms with Gasteiger partial charge in [-0.1, -0.05) is 39.2 Å². The molecule has 0 unspecified atom stereocenters. The van der Waals surface area contributed by atoms with E-state index in [1.165, 1.54) is 0 Å². The fourth-order valence-corrected chi connectivity index (χ4v) is 2.82. The summed E-state index contributed by atoms with van der Waals surface area (Å²) in [6.45, 7) is 5.55. The lowest BCUT2D eigenvalue weighted by molar-refractivity contribution is 0.0951. The van der Waals surface area contributed by atoms with Crippen molar-refractivity contribution >= 4 is 22.5 Å². The van der Waals surface area contributed by atoms with Crippen LogP contribution in [0.4, 0.5) is 5.69 Å². The molecule has 2 rings (SSSR count). The van der Waals surface area contributed by atoms with E-state index >= 15 is 0 Å². The summed E-state index contributed by atoms with van der Waals surface area (Å²) < 4.78 is 1.98. The van der Waals surface area contributed by atoms with E-state index in [1.807, 2.05) is 16.7 Å². The number of nitrogens with one attached hydrogen (secondary N) is 1. The van der Waals surface area contributed by atoms with Gasteiger partial charge in [-0.2, -0.15) is 0 Å². The smallest absolute Gasteiger partial charge is 0.256 e. The third-order valence-corrected chi connectivity index (χ3v) is 4.20. The van der Waals surface area contributed by atoms with Crippen molar-refractivity contribution in [2.45, 2.75) is 52.5 Å². The molecule has 1 aromatic heterocycles. The molecule has 0 saturated carbocycles. The topological polar surface area (TPSA) is 77.1 Å². The number of pyridine rings is 1. The molecule has 24 heavy (non-hydrogen) atoms. The van der Waals surface area contributed by atoms with Crippen LogP contribution in [-0.2, 0) is 6.54 Å². The number of hydrogen-bond donors (Lipinski definition) is 2. The van der Waals surface area contributed by atoms with Gasteiger partial charge in [0.2, 0.25) is 5.43 Å². The van der Waals surface area contributed by atoms with Gasteiger partial charge in [-0.3, -0.25) is 9.59 Å². The number of nitrogens with two attached hydrogens (primary N) is 1. The van der Waals surface area contributed by atoms with Crippen molar-refractivity contribution in [3.8, 4) is 0 Å². The first-order valence-electron chi connectivity index (χ1n) is 8.80. The monoisotopic (exact) mass is 329 g/mol. The number of aromatic nitrogens is 1. The Kier molecular flexibility index (Phi) is 6.41. The second-order valence-corrected chi connectivity index (χ2v) is 6.12. The van der Waals surface area contributed by atoms with Gasteiger partial charge in [0.05, 0.1) is 10.9 Å². The van der Waals surface area contributed by atoms with Gasteiger partial charge >= 0.3 is 0 Å². The van der Waals surface area contributed by atoms with Crippen LogP contribution in [0, 0.1) is 0 Å². The molecule has 5 nitrogen and oxygen atoms in total. The fraction of sp³-hybridized carbons (Fsp3) is 0.474. The highest BCUT2D eigenvalue weighted by Gasteiger charge is 2.16. The second kappa shape index (κ2) is 8.52. The van der Waals surface area contributed by atoms with E-state index in [0.717, 1.165) is 44.2 Å². The highest BCUT2D eigenvalue weighted by Crippen LogP contribution is 2.19. The highest BCUT2D eigenvalue weighted by molar-refractivity contribution is 6.00. The molecular weight excluding hydrogens is 302 g/mol. The van der Waals surface area contributed by atoms with Gasteiger partial charge in [-0.05, 0) is 25.0 Å². The Balaban J connectivity index is 2.47. The minimum Gasteiger partial charge on any atom is -0.398 e. The van der Waals surface area contributed by atoms with Crippen LogP contribution in [0.5, 0.6) is 0 Å². The molecule has 5 heteroatoms. The summed E-state index contributed by atoms with van der Waals surface area (Å²) in [5.41, 5.74) is 7.13. The number of rotatable bonds is 8. The zero-order chi connectivity index (χ0) is 17.5. The van der Waals surface area contributed by atoms with Crippen LogP contribution < -0.4 is 16.5 Å². The summed E-state index contributed by atoms with van der Waals surface area (Å²) in [6.07, 6.45) is 6.79. The third kappa shape index (κ3) is 3.96. The molecule has 1 heterocycles. The maximum atomic E-state index is 12.8. The lowest BCUT2D eigenvalue weighted by Gasteiger charge is -2.14. The van der Waals surface area contributed by atoms with Crippen molar-refractivity contribution in [3.05, 3.63) is 40.2 Å². The first kappa shape index (κ1) is 18.0. The number of hydrogen-bond acceptors (Lipinski definition) is 3. The molecule has 0 aliphatic carbocycles. The van der Waals surface area contributed by atoms with Crippen LogP contribution in [0.25, 0.3) is 10.9 Å². The summed E-state index contributed by atoms with van der Waals surface area (Å²) in [7, 11) is 0. The summed E-state index contributed by atoms with van der Waals surface area (Å²) in [4.78, 5) is 25.2. The molecule has 0 bridgehead atoms. The van der Waals surface area contributed by atoms with Crippen molar-refractivity contribution in [1.29, 1.82) is 0 Å². The number of nitrogen functional groups attached to an aromatic ring is 1. The number of amides is 1. The Bertz CT molecular complexity index is 765. The molecule has 130 valence electrons. The van der Waals surface area contributed by atoms with E-state index in [2.05, 4.69) is 19.2 Å². The van der Waals surface area contributed by atoms with Gasteiger partial charge in [0.1, 0.15) is 5.56 Å². The largest absolute Gasteiger partial charge is 0.398 e. The Morgan fingerprint density at radius 2 is 1.92 bits per heavy atom. The van der Waals surface area contributed by atoms with E-state index in [-0.39, 0.29) is 16.9 Å². The number of aryl methyl sites for hydroxylation is 1. The number of nitrogens with zero attached hydrogens (tertiary/aromatic N) is 1. The van der Waals surface area contributed by atoms with Gasteiger partial charge in [0.15, 0.2) is 0 Å². The molecule has 0 radical (unpaired) electrons. The summed E-state index contributed by atoms with van der Waals surface area (Å²) >= 11 is 0. The lowest BCUT2D eigenvalue weighted by atomic mass is 10.1. The highest BCUT2D eigenvalue weighted by atomic mass is 16.2. The SMILES string of the molecule is CCCCCn1cc(C(=O)NCCCC)c(=O)c2c(N)cccc21. The van der Waals surface area contributed by atoms with E-state index in [0.29, 0.717) is 17.6 Å². The van der Waals surface area contributed by atoms with Crippen molar-refractivity contribution in [3.63, 3.8) is 0 Å². The molecule has 0 spiro atoms. The molecule has 0 aliphatic rings. The minimum absolute atomic E-state index is 0.174. The number of fused-ring (bicyclic) bond motifs is 1. The average molecular weight is 329 g/mol. The molecule has 0 fully saturated rings. The molecule has 1 amide bonds. The molecular formula is C19H27N3O2.